The third-order valence-corrected chi connectivity index (χ3v) is 9.27. The molecule has 2 aromatic carbocycles. The lowest BCUT2D eigenvalue weighted by Gasteiger charge is -2.44. The highest BCUT2D eigenvalue weighted by molar-refractivity contribution is 7.89. The minimum atomic E-state index is -3.48. The van der Waals surface area contributed by atoms with Gasteiger partial charge in [0, 0.05) is 26.2 Å². The highest BCUT2D eigenvalue weighted by Gasteiger charge is 2.43. The molecule has 184 valence electrons. The molecule has 0 amide bonds. The molecule has 0 atom stereocenters. The summed E-state index contributed by atoms with van der Waals surface area (Å²) in [6.45, 7) is 5.39. The first-order valence-corrected chi connectivity index (χ1v) is 13.6. The number of nitrogens with zero attached hydrogens (tertiary/aromatic N) is 2. The molecule has 5 rings (SSSR count). The fraction of sp³-hybridized carbons (Fsp3) is 0.500. The Morgan fingerprint density at radius 2 is 1.82 bits per heavy atom. The van der Waals surface area contributed by atoms with Crippen LogP contribution in [0.4, 0.5) is 0 Å². The van der Waals surface area contributed by atoms with Crippen molar-refractivity contribution in [3.8, 4) is 0 Å². The zero-order chi connectivity index (χ0) is 22.9. The average Bonchev–Trinajstić information content (AvgIpc) is 2.83. The summed E-state index contributed by atoms with van der Waals surface area (Å²) < 4.78 is 28.5. The van der Waals surface area contributed by atoms with Crippen molar-refractivity contribution in [2.24, 2.45) is 4.99 Å². The summed E-state index contributed by atoms with van der Waals surface area (Å²) in [5, 5.41) is 7.23. The first-order chi connectivity index (χ1) is 16.0. The molecular formula is C26H35ClN4O2S. The van der Waals surface area contributed by atoms with Gasteiger partial charge < -0.3 is 10.6 Å². The lowest BCUT2D eigenvalue weighted by atomic mass is 9.85. The molecule has 8 heteroatoms. The lowest BCUT2D eigenvalue weighted by molar-refractivity contribution is 0.241. The quantitative estimate of drug-likeness (QED) is 0.669. The Morgan fingerprint density at radius 3 is 2.59 bits per heavy atom. The molecule has 0 aromatic heterocycles. The predicted octanol–water partition coefficient (Wildman–Crippen LogP) is 3.61. The van der Waals surface area contributed by atoms with E-state index in [2.05, 4.69) is 41.8 Å². The zero-order valence-corrected chi connectivity index (χ0v) is 21.5. The van der Waals surface area contributed by atoms with Crippen molar-refractivity contribution < 1.29 is 8.42 Å². The maximum atomic E-state index is 13.4. The van der Waals surface area contributed by atoms with E-state index in [9.17, 15) is 8.42 Å². The van der Waals surface area contributed by atoms with E-state index in [1.54, 1.807) is 10.4 Å². The first-order valence-electron chi connectivity index (χ1n) is 12.2. The summed E-state index contributed by atoms with van der Waals surface area (Å²) in [6.07, 6.45) is 5.82. The van der Waals surface area contributed by atoms with Gasteiger partial charge in [-0.3, -0.25) is 4.99 Å². The third-order valence-electron chi connectivity index (χ3n) is 7.37. The molecule has 0 radical (unpaired) electrons. The van der Waals surface area contributed by atoms with Crippen molar-refractivity contribution in [2.45, 2.75) is 62.4 Å². The molecule has 0 saturated carbocycles. The van der Waals surface area contributed by atoms with E-state index in [0.29, 0.717) is 18.0 Å². The van der Waals surface area contributed by atoms with Crippen LogP contribution in [0.3, 0.4) is 0 Å². The second-order valence-corrected chi connectivity index (χ2v) is 11.6. The third kappa shape index (κ3) is 5.03. The number of amidine groups is 1. The van der Waals surface area contributed by atoms with Crippen LogP contribution < -0.4 is 10.6 Å². The van der Waals surface area contributed by atoms with Crippen LogP contribution >= 0.6 is 12.4 Å². The number of piperidine rings is 1. The second-order valence-electron chi connectivity index (χ2n) is 9.62. The van der Waals surface area contributed by atoms with Crippen LogP contribution in [-0.2, 0) is 29.4 Å². The number of rotatable bonds is 4. The van der Waals surface area contributed by atoms with Crippen molar-refractivity contribution >= 4 is 28.3 Å². The van der Waals surface area contributed by atoms with Crippen LogP contribution in [0.5, 0.6) is 0 Å². The average molecular weight is 503 g/mol. The van der Waals surface area contributed by atoms with Gasteiger partial charge in [-0.05, 0) is 74.3 Å². The summed E-state index contributed by atoms with van der Waals surface area (Å²) in [7, 11) is -3.48. The molecular weight excluding hydrogens is 468 g/mol. The van der Waals surface area contributed by atoms with Gasteiger partial charge in [0.2, 0.25) is 10.0 Å². The van der Waals surface area contributed by atoms with E-state index in [1.165, 1.54) is 28.7 Å². The van der Waals surface area contributed by atoms with Crippen LogP contribution in [0.25, 0.3) is 0 Å². The van der Waals surface area contributed by atoms with Gasteiger partial charge in [0.15, 0.2) is 0 Å². The fourth-order valence-corrected chi connectivity index (χ4v) is 6.96. The number of hydrogen-bond donors (Lipinski definition) is 2. The standard InChI is InChI=1S/C26H34N4O2S.ClH/c1-20-5-4-6-21(17-20)19-28-25-26(29-14-13-27-25)11-15-30(16-12-26)33(31,32)24-10-9-22-7-2-3-8-23(22)18-24;/h4-6,9-10,17-18,29H,2-3,7-8,11-16,19H2,1H3,(H,27,28);1H. The highest BCUT2D eigenvalue weighted by Crippen LogP contribution is 2.31. The van der Waals surface area contributed by atoms with Crippen LogP contribution in [-0.4, -0.2) is 50.3 Å². The molecule has 1 aliphatic carbocycles. The smallest absolute Gasteiger partial charge is 0.243 e. The summed E-state index contributed by atoms with van der Waals surface area (Å²) >= 11 is 0. The fourth-order valence-electron chi connectivity index (χ4n) is 5.47. The summed E-state index contributed by atoms with van der Waals surface area (Å²) in [5.41, 5.74) is 4.72. The molecule has 2 aromatic rings. The molecule has 2 aliphatic heterocycles. The van der Waals surface area contributed by atoms with Gasteiger partial charge in [0.1, 0.15) is 5.84 Å². The minimum Gasteiger partial charge on any atom is -0.368 e. The summed E-state index contributed by atoms with van der Waals surface area (Å²) in [5.74, 6) is 0.973. The van der Waals surface area contributed by atoms with Crippen molar-refractivity contribution in [1.82, 2.24) is 14.9 Å². The Kier molecular flexibility index (Phi) is 7.67. The number of halogens is 1. The minimum absolute atomic E-state index is 0. The summed E-state index contributed by atoms with van der Waals surface area (Å²) in [4.78, 5) is 5.26. The van der Waals surface area contributed by atoms with Crippen LogP contribution in [0.2, 0.25) is 0 Å². The second kappa shape index (κ2) is 10.4. The Morgan fingerprint density at radius 1 is 1.06 bits per heavy atom. The van der Waals surface area contributed by atoms with Gasteiger partial charge in [-0.1, -0.05) is 35.9 Å². The van der Waals surface area contributed by atoms with Gasteiger partial charge in [0.25, 0.3) is 0 Å². The molecule has 0 unspecified atom stereocenters. The molecule has 1 fully saturated rings. The number of hydrogen-bond acceptors (Lipinski definition) is 5. The topological polar surface area (TPSA) is 73.8 Å². The Bertz CT molecular complexity index is 1160. The number of sulfonamides is 1. The normalized spacial score (nSPS) is 20.2. The number of aryl methyl sites for hydroxylation is 3. The number of benzene rings is 2. The van der Waals surface area contributed by atoms with Gasteiger partial charge in [0.05, 0.1) is 17.0 Å². The largest absolute Gasteiger partial charge is 0.368 e. The van der Waals surface area contributed by atoms with E-state index >= 15 is 0 Å². The predicted molar refractivity (Wildman–Crippen MR) is 139 cm³/mol. The Labute approximate surface area is 209 Å². The SMILES string of the molecule is Cc1cccc(CNC2=NCCNC23CCN(S(=O)(=O)c2ccc4c(c2)CCCC4)CC3)c1.Cl. The molecule has 34 heavy (non-hydrogen) atoms. The molecule has 2 N–H and O–H groups in total. The van der Waals surface area contributed by atoms with E-state index in [0.717, 1.165) is 57.6 Å². The van der Waals surface area contributed by atoms with E-state index in [-0.39, 0.29) is 17.9 Å². The maximum Gasteiger partial charge on any atom is 0.243 e. The van der Waals surface area contributed by atoms with Crippen LogP contribution in [0, 0.1) is 6.92 Å². The number of aliphatic imine (C=N–C) groups is 1. The van der Waals surface area contributed by atoms with Gasteiger partial charge in [-0.15, -0.1) is 12.4 Å². The molecule has 6 nitrogen and oxygen atoms in total. The molecule has 0 bridgehead atoms. The van der Waals surface area contributed by atoms with Crippen molar-refractivity contribution in [3.05, 3.63) is 64.7 Å². The van der Waals surface area contributed by atoms with Crippen molar-refractivity contribution in [3.63, 3.8) is 0 Å². The van der Waals surface area contributed by atoms with Crippen molar-refractivity contribution in [1.29, 1.82) is 0 Å². The van der Waals surface area contributed by atoms with Crippen LogP contribution in [0.15, 0.2) is 52.4 Å². The maximum absolute atomic E-state index is 13.4. The monoisotopic (exact) mass is 502 g/mol. The highest BCUT2D eigenvalue weighted by atomic mass is 35.5. The van der Waals surface area contributed by atoms with E-state index < -0.39 is 10.0 Å². The van der Waals surface area contributed by atoms with Gasteiger partial charge in [-0.25, -0.2) is 8.42 Å². The molecule has 3 aliphatic rings. The van der Waals surface area contributed by atoms with Crippen molar-refractivity contribution in [2.75, 3.05) is 26.2 Å². The zero-order valence-electron chi connectivity index (χ0n) is 19.8. The molecule has 1 saturated heterocycles. The molecule has 1 spiro atoms. The number of nitrogens with one attached hydrogen (secondary N) is 2. The van der Waals surface area contributed by atoms with E-state index in [4.69, 9.17) is 4.99 Å². The Balaban J connectivity index is 0.00000274. The molecule has 2 heterocycles. The summed E-state index contributed by atoms with van der Waals surface area (Å²) in [6, 6.07) is 14.2. The van der Waals surface area contributed by atoms with Gasteiger partial charge >= 0.3 is 0 Å². The van der Waals surface area contributed by atoms with Crippen LogP contribution in [0.1, 0.15) is 47.9 Å². The first kappa shape index (κ1) is 25.2. The van der Waals surface area contributed by atoms with E-state index in [1.807, 2.05) is 12.1 Å². The van der Waals surface area contributed by atoms with Gasteiger partial charge in [-0.2, -0.15) is 4.31 Å². The Hall–Kier alpha value is -1.93. The number of fused-ring (bicyclic) bond motifs is 1. The lowest BCUT2D eigenvalue weighted by Crippen LogP contribution is -2.64.